The van der Waals surface area contributed by atoms with E-state index in [0.717, 1.165) is 28.8 Å². The second-order valence-corrected chi connectivity index (χ2v) is 7.73. The van der Waals surface area contributed by atoms with Crippen LogP contribution in [0.3, 0.4) is 0 Å². The lowest BCUT2D eigenvalue weighted by atomic mass is 10.0. The molecule has 0 aliphatic heterocycles. The van der Waals surface area contributed by atoms with Crippen molar-refractivity contribution in [3.05, 3.63) is 70.1 Å². The van der Waals surface area contributed by atoms with Crippen LogP contribution in [0.1, 0.15) is 40.9 Å². The summed E-state index contributed by atoms with van der Waals surface area (Å²) in [5.41, 5.74) is 5.37. The van der Waals surface area contributed by atoms with E-state index in [4.69, 9.17) is 4.74 Å². The lowest BCUT2D eigenvalue weighted by Crippen LogP contribution is -2.30. The maximum absolute atomic E-state index is 12.4. The van der Waals surface area contributed by atoms with E-state index in [2.05, 4.69) is 29.4 Å². The summed E-state index contributed by atoms with van der Waals surface area (Å²) in [5.74, 6) is -0.921. The van der Waals surface area contributed by atoms with Gasteiger partial charge in [0, 0.05) is 10.9 Å². The third kappa shape index (κ3) is 4.90. The van der Waals surface area contributed by atoms with Crippen LogP contribution in [0.15, 0.2) is 47.8 Å². The predicted molar refractivity (Wildman–Crippen MR) is 116 cm³/mol. The maximum Gasteiger partial charge on any atom is 0.339 e. The molecule has 5 nitrogen and oxygen atoms in total. The molecule has 3 aromatic rings. The van der Waals surface area contributed by atoms with Crippen LogP contribution in [-0.2, 0) is 16.0 Å². The molecule has 29 heavy (non-hydrogen) atoms. The molecule has 0 saturated carbocycles. The van der Waals surface area contributed by atoms with Crippen LogP contribution in [0.25, 0.3) is 11.3 Å². The number of thiazole rings is 1. The maximum atomic E-state index is 12.4. The summed E-state index contributed by atoms with van der Waals surface area (Å²) in [4.78, 5) is 29.3. The number of rotatable bonds is 6. The fraction of sp³-hybridized carbons (Fsp3) is 0.261. The van der Waals surface area contributed by atoms with Crippen LogP contribution in [0.4, 0.5) is 5.13 Å². The topological polar surface area (TPSA) is 68.3 Å². The molecule has 6 heteroatoms. The average Bonchev–Trinajstić information content (AvgIpc) is 3.18. The van der Waals surface area contributed by atoms with E-state index in [9.17, 15) is 9.59 Å². The van der Waals surface area contributed by atoms with Gasteiger partial charge in [-0.25, -0.2) is 9.78 Å². The average molecular weight is 409 g/mol. The molecule has 0 fully saturated rings. The van der Waals surface area contributed by atoms with Gasteiger partial charge >= 0.3 is 5.97 Å². The molecule has 150 valence electrons. The molecule has 0 aliphatic carbocycles. The smallest absolute Gasteiger partial charge is 0.339 e. The Kier molecular flexibility index (Phi) is 6.44. The van der Waals surface area contributed by atoms with Gasteiger partial charge in [-0.3, -0.25) is 10.1 Å². The van der Waals surface area contributed by atoms with Gasteiger partial charge in [-0.2, -0.15) is 0 Å². The van der Waals surface area contributed by atoms with Crippen molar-refractivity contribution in [1.82, 2.24) is 4.98 Å². The standard InChI is InChI=1S/C23H24N2O3S/c1-5-17-9-11-18(12-10-17)20-13-29-23(24-20)25-21(26)16(4)28-22(27)19-8-6-7-14(2)15(19)3/h6-13,16H,5H2,1-4H3,(H,24,25,26)/t16-/m1/s1. The molecule has 0 bridgehead atoms. The number of esters is 1. The first-order valence-electron chi connectivity index (χ1n) is 9.52. The Hall–Kier alpha value is -2.99. The molecule has 0 radical (unpaired) electrons. The van der Waals surface area contributed by atoms with Gasteiger partial charge in [0.2, 0.25) is 0 Å². The summed E-state index contributed by atoms with van der Waals surface area (Å²) in [6.07, 6.45) is 0.0516. The Bertz CT molecular complexity index is 1020. The lowest BCUT2D eigenvalue weighted by molar-refractivity contribution is -0.123. The fourth-order valence-electron chi connectivity index (χ4n) is 2.83. The highest BCUT2D eigenvalue weighted by atomic mass is 32.1. The molecule has 1 atom stereocenters. The van der Waals surface area contributed by atoms with E-state index in [1.807, 2.05) is 37.4 Å². The van der Waals surface area contributed by atoms with Crippen molar-refractivity contribution >= 4 is 28.3 Å². The first kappa shape index (κ1) is 20.7. The second-order valence-electron chi connectivity index (χ2n) is 6.87. The highest BCUT2D eigenvalue weighted by Gasteiger charge is 2.21. The number of nitrogens with one attached hydrogen (secondary N) is 1. The molecule has 1 amide bonds. The van der Waals surface area contributed by atoms with Crippen LogP contribution >= 0.6 is 11.3 Å². The molecule has 3 rings (SSSR count). The van der Waals surface area contributed by atoms with Crippen LogP contribution in [0.5, 0.6) is 0 Å². The van der Waals surface area contributed by atoms with Crippen molar-refractivity contribution in [3.63, 3.8) is 0 Å². The number of anilines is 1. The summed E-state index contributed by atoms with van der Waals surface area (Å²) >= 11 is 1.34. The molecular weight excluding hydrogens is 384 g/mol. The quantitative estimate of drug-likeness (QED) is 0.571. The monoisotopic (exact) mass is 408 g/mol. The Labute approximate surface area is 174 Å². The minimum atomic E-state index is -0.932. The first-order valence-corrected chi connectivity index (χ1v) is 10.4. The van der Waals surface area contributed by atoms with Gasteiger partial charge in [0.25, 0.3) is 5.91 Å². The van der Waals surface area contributed by atoms with Crippen LogP contribution in [-0.4, -0.2) is 23.0 Å². The van der Waals surface area contributed by atoms with Gasteiger partial charge in [-0.15, -0.1) is 11.3 Å². The van der Waals surface area contributed by atoms with Crippen molar-refractivity contribution in [2.75, 3.05) is 5.32 Å². The number of nitrogens with zero attached hydrogens (tertiary/aromatic N) is 1. The molecule has 1 N–H and O–H groups in total. The molecule has 0 aliphatic rings. The van der Waals surface area contributed by atoms with Gasteiger partial charge in [0.15, 0.2) is 11.2 Å². The molecular formula is C23H24N2O3S. The Morgan fingerprint density at radius 3 is 2.55 bits per heavy atom. The highest BCUT2D eigenvalue weighted by Crippen LogP contribution is 2.25. The molecule has 1 heterocycles. The molecule has 2 aromatic carbocycles. The number of amides is 1. The first-order chi connectivity index (χ1) is 13.9. The van der Waals surface area contributed by atoms with Crippen molar-refractivity contribution < 1.29 is 14.3 Å². The number of aromatic nitrogens is 1. The van der Waals surface area contributed by atoms with Crippen molar-refractivity contribution in [3.8, 4) is 11.3 Å². The number of hydrogen-bond donors (Lipinski definition) is 1. The Morgan fingerprint density at radius 1 is 1.14 bits per heavy atom. The zero-order valence-corrected chi connectivity index (χ0v) is 17.8. The second kappa shape index (κ2) is 9.01. The molecule has 0 saturated heterocycles. The van der Waals surface area contributed by atoms with Gasteiger partial charge < -0.3 is 4.74 Å². The van der Waals surface area contributed by atoms with E-state index < -0.39 is 18.0 Å². The van der Waals surface area contributed by atoms with Crippen molar-refractivity contribution in [2.24, 2.45) is 0 Å². The van der Waals surface area contributed by atoms with Gasteiger partial charge in [-0.05, 0) is 49.9 Å². The molecule has 1 aromatic heterocycles. The highest BCUT2D eigenvalue weighted by molar-refractivity contribution is 7.14. The van der Waals surface area contributed by atoms with E-state index in [0.29, 0.717) is 10.7 Å². The number of hydrogen-bond acceptors (Lipinski definition) is 5. The number of carbonyl (C=O) groups is 2. The Balaban J connectivity index is 1.63. The van der Waals surface area contributed by atoms with Gasteiger partial charge in [0.1, 0.15) is 0 Å². The van der Waals surface area contributed by atoms with E-state index in [1.165, 1.54) is 16.9 Å². The SMILES string of the molecule is CCc1ccc(-c2csc(NC(=O)[C@@H](C)OC(=O)c3cccc(C)c3C)n2)cc1. The molecule has 0 spiro atoms. The predicted octanol–water partition coefficient (Wildman–Crippen LogP) is 5.17. The lowest BCUT2D eigenvalue weighted by Gasteiger charge is -2.14. The van der Waals surface area contributed by atoms with Crippen molar-refractivity contribution in [2.45, 2.75) is 40.2 Å². The number of benzene rings is 2. The van der Waals surface area contributed by atoms with Crippen molar-refractivity contribution in [1.29, 1.82) is 0 Å². The van der Waals surface area contributed by atoms with E-state index >= 15 is 0 Å². The van der Waals surface area contributed by atoms with Gasteiger partial charge in [0.05, 0.1) is 11.3 Å². The zero-order valence-electron chi connectivity index (χ0n) is 17.0. The summed E-state index contributed by atoms with van der Waals surface area (Å²) in [7, 11) is 0. The Morgan fingerprint density at radius 2 is 1.86 bits per heavy atom. The number of carbonyl (C=O) groups excluding carboxylic acids is 2. The largest absolute Gasteiger partial charge is 0.449 e. The minimum absolute atomic E-state index is 0.411. The molecule has 0 unspecified atom stereocenters. The normalized spacial score (nSPS) is 11.7. The summed E-state index contributed by atoms with van der Waals surface area (Å²) in [6.45, 7) is 7.45. The summed E-state index contributed by atoms with van der Waals surface area (Å²) in [6, 6.07) is 13.6. The third-order valence-electron chi connectivity index (χ3n) is 4.87. The summed E-state index contributed by atoms with van der Waals surface area (Å²) < 4.78 is 5.35. The number of ether oxygens (including phenoxy) is 1. The van der Waals surface area contributed by atoms with Crippen LogP contribution in [0.2, 0.25) is 0 Å². The third-order valence-corrected chi connectivity index (χ3v) is 5.63. The minimum Gasteiger partial charge on any atom is -0.449 e. The fourth-order valence-corrected chi connectivity index (χ4v) is 3.55. The van der Waals surface area contributed by atoms with Crippen LogP contribution in [0, 0.1) is 13.8 Å². The zero-order chi connectivity index (χ0) is 21.0. The van der Waals surface area contributed by atoms with E-state index in [-0.39, 0.29) is 0 Å². The van der Waals surface area contributed by atoms with Gasteiger partial charge in [-0.1, -0.05) is 43.3 Å². The number of aryl methyl sites for hydroxylation is 2. The van der Waals surface area contributed by atoms with E-state index in [1.54, 1.807) is 19.1 Å². The van der Waals surface area contributed by atoms with Crippen LogP contribution < -0.4 is 5.32 Å². The summed E-state index contributed by atoms with van der Waals surface area (Å²) in [5, 5.41) is 5.09.